The highest BCUT2D eigenvalue weighted by Crippen LogP contribution is 2.49. The van der Waals surface area contributed by atoms with Gasteiger partial charge >= 0.3 is 0 Å². The first-order valence-electron chi connectivity index (χ1n) is 6.05. The highest BCUT2D eigenvalue weighted by atomic mass is 35.5. The Labute approximate surface area is 101 Å². The Morgan fingerprint density at radius 1 is 1.12 bits per heavy atom. The maximum atomic E-state index is 12.0. The normalized spacial score (nSPS) is 22.4. The second-order valence-electron chi connectivity index (χ2n) is 5.07. The fourth-order valence-electron chi connectivity index (χ4n) is 3.43. The lowest BCUT2D eigenvalue weighted by molar-refractivity contribution is 0.0952. The molecule has 1 fully saturated rings. The van der Waals surface area contributed by atoms with Crippen molar-refractivity contribution >= 4 is 17.4 Å². The van der Waals surface area contributed by atoms with E-state index in [1.54, 1.807) is 0 Å². The first-order valence-corrected chi connectivity index (χ1v) is 6.43. The molecule has 0 amide bonds. The number of benzene rings is 1. The number of hydrogen-bond acceptors (Lipinski definition) is 1. The van der Waals surface area contributed by atoms with E-state index in [1.165, 1.54) is 31.2 Å². The monoisotopic (exact) mass is 234 g/mol. The number of carbonyl (C=O) groups excluding carboxylic acids is 1. The summed E-state index contributed by atoms with van der Waals surface area (Å²) in [6.07, 6.45) is 6.75. The van der Waals surface area contributed by atoms with Crippen LogP contribution in [0.15, 0.2) is 18.2 Å². The Morgan fingerprint density at radius 3 is 2.62 bits per heavy atom. The fourth-order valence-corrected chi connectivity index (χ4v) is 3.71. The number of hydrogen-bond donors (Lipinski definition) is 0. The van der Waals surface area contributed by atoms with Gasteiger partial charge in [-0.3, -0.25) is 4.79 Å². The van der Waals surface area contributed by atoms with Gasteiger partial charge in [0, 0.05) is 12.0 Å². The van der Waals surface area contributed by atoms with Crippen molar-refractivity contribution in [2.24, 2.45) is 0 Å². The zero-order valence-electron chi connectivity index (χ0n) is 9.26. The van der Waals surface area contributed by atoms with Crippen LogP contribution in [0.25, 0.3) is 0 Å². The summed E-state index contributed by atoms with van der Waals surface area (Å²) in [4.78, 5) is 12.0. The third-order valence-corrected chi connectivity index (χ3v) is 4.57. The molecule has 0 unspecified atom stereocenters. The molecule has 0 saturated heterocycles. The van der Waals surface area contributed by atoms with Gasteiger partial charge in [0.2, 0.25) is 0 Å². The second-order valence-corrected chi connectivity index (χ2v) is 5.48. The van der Waals surface area contributed by atoms with E-state index in [1.807, 2.05) is 12.1 Å². The largest absolute Gasteiger partial charge is 0.294 e. The zero-order valence-corrected chi connectivity index (χ0v) is 10.0. The molecule has 1 aromatic carbocycles. The minimum Gasteiger partial charge on any atom is -0.294 e. The summed E-state index contributed by atoms with van der Waals surface area (Å²) in [7, 11) is 0. The molecule has 0 heterocycles. The van der Waals surface area contributed by atoms with Crippen LogP contribution in [0.3, 0.4) is 0 Å². The highest BCUT2D eigenvalue weighted by molar-refractivity contribution is 6.34. The van der Waals surface area contributed by atoms with Gasteiger partial charge in [0.25, 0.3) is 0 Å². The van der Waals surface area contributed by atoms with E-state index >= 15 is 0 Å². The molecule has 84 valence electrons. The van der Waals surface area contributed by atoms with Crippen LogP contribution in [0.2, 0.25) is 5.02 Å². The molecule has 2 heteroatoms. The molecular weight excluding hydrogens is 220 g/mol. The van der Waals surface area contributed by atoms with E-state index < -0.39 is 0 Å². The number of halogens is 1. The van der Waals surface area contributed by atoms with Crippen molar-refractivity contribution in [3.63, 3.8) is 0 Å². The third kappa shape index (κ3) is 1.34. The molecule has 1 nitrogen and oxygen atoms in total. The third-order valence-electron chi connectivity index (χ3n) is 4.26. The zero-order chi connectivity index (χ0) is 11.2. The molecule has 0 radical (unpaired) electrons. The molecule has 2 aliphatic carbocycles. The molecule has 1 spiro atoms. The Morgan fingerprint density at radius 2 is 1.88 bits per heavy atom. The van der Waals surface area contributed by atoms with Crippen molar-refractivity contribution in [3.05, 3.63) is 34.3 Å². The lowest BCUT2D eigenvalue weighted by Crippen LogP contribution is -2.30. The second kappa shape index (κ2) is 3.59. The van der Waals surface area contributed by atoms with Gasteiger partial charge in [0.05, 0.1) is 5.02 Å². The fraction of sp³-hybridized carbons (Fsp3) is 0.500. The van der Waals surface area contributed by atoms with Crippen LogP contribution in [0.5, 0.6) is 0 Å². The maximum absolute atomic E-state index is 12.0. The highest BCUT2D eigenvalue weighted by Gasteiger charge is 2.41. The molecule has 2 aliphatic rings. The topological polar surface area (TPSA) is 17.1 Å². The van der Waals surface area contributed by atoms with Gasteiger partial charge in [-0.25, -0.2) is 0 Å². The van der Waals surface area contributed by atoms with Crippen LogP contribution in [0.1, 0.15) is 54.4 Å². The predicted molar refractivity (Wildman–Crippen MR) is 65.2 cm³/mol. The van der Waals surface area contributed by atoms with E-state index in [0.29, 0.717) is 11.4 Å². The molecule has 0 aromatic heterocycles. The van der Waals surface area contributed by atoms with E-state index in [2.05, 4.69) is 6.07 Å². The quantitative estimate of drug-likeness (QED) is 0.660. The first-order chi connectivity index (χ1) is 7.73. The van der Waals surface area contributed by atoms with Crippen molar-refractivity contribution in [1.82, 2.24) is 0 Å². The summed E-state index contributed by atoms with van der Waals surface area (Å²) in [5.41, 5.74) is 2.32. The Kier molecular flexibility index (Phi) is 2.32. The number of ketones is 1. The summed E-state index contributed by atoms with van der Waals surface area (Å²) in [5, 5.41) is 0.647. The Balaban J connectivity index is 2.20. The Bertz CT molecular complexity index is 444. The lowest BCUT2D eigenvalue weighted by atomic mass is 9.68. The number of rotatable bonds is 0. The number of Topliss-reactive ketones (excluding diaryl/α,β-unsaturated/α-hetero) is 1. The van der Waals surface area contributed by atoms with Gasteiger partial charge in [0.15, 0.2) is 5.78 Å². The smallest absolute Gasteiger partial charge is 0.164 e. The van der Waals surface area contributed by atoms with Crippen LogP contribution in [-0.2, 0) is 5.41 Å². The molecule has 0 N–H and O–H groups in total. The van der Waals surface area contributed by atoms with Crippen molar-refractivity contribution in [3.8, 4) is 0 Å². The van der Waals surface area contributed by atoms with Crippen LogP contribution in [0.4, 0.5) is 0 Å². The molecule has 1 saturated carbocycles. The van der Waals surface area contributed by atoms with Crippen molar-refractivity contribution < 1.29 is 4.79 Å². The number of carbonyl (C=O) groups is 1. The van der Waals surface area contributed by atoms with Gasteiger partial charge in [-0.1, -0.05) is 36.6 Å². The van der Waals surface area contributed by atoms with Crippen LogP contribution >= 0.6 is 11.6 Å². The summed E-state index contributed by atoms with van der Waals surface area (Å²) < 4.78 is 0. The SMILES string of the molecule is O=C1CCC2(CCCC2)c2cccc(Cl)c21. The Hall–Kier alpha value is -0.820. The predicted octanol–water partition coefficient (Wildman–Crippen LogP) is 4.13. The van der Waals surface area contributed by atoms with Crippen LogP contribution in [0, 0.1) is 0 Å². The molecule has 0 atom stereocenters. The van der Waals surface area contributed by atoms with Gasteiger partial charge in [-0.05, 0) is 36.3 Å². The average Bonchev–Trinajstić information content (AvgIpc) is 2.74. The van der Waals surface area contributed by atoms with Crippen LogP contribution < -0.4 is 0 Å². The van der Waals surface area contributed by atoms with Gasteiger partial charge in [-0.2, -0.15) is 0 Å². The van der Waals surface area contributed by atoms with Crippen molar-refractivity contribution in [2.75, 3.05) is 0 Å². The van der Waals surface area contributed by atoms with Crippen LogP contribution in [-0.4, -0.2) is 5.78 Å². The molecule has 0 bridgehead atoms. The minimum atomic E-state index is 0.234. The lowest BCUT2D eigenvalue weighted by Gasteiger charge is -2.35. The summed E-state index contributed by atoms with van der Waals surface area (Å²) in [5.74, 6) is 0.234. The van der Waals surface area contributed by atoms with Gasteiger partial charge in [0.1, 0.15) is 0 Å². The molecule has 1 aromatic rings. The number of fused-ring (bicyclic) bond motifs is 2. The summed E-state index contributed by atoms with van der Waals surface area (Å²) in [6.45, 7) is 0. The van der Waals surface area contributed by atoms with E-state index in [9.17, 15) is 4.79 Å². The van der Waals surface area contributed by atoms with E-state index in [0.717, 1.165) is 12.0 Å². The average molecular weight is 235 g/mol. The first kappa shape index (κ1) is 10.3. The van der Waals surface area contributed by atoms with Gasteiger partial charge in [-0.15, -0.1) is 0 Å². The molecule has 16 heavy (non-hydrogen) atoms. The maximum Gasteiger partial charge on any atom is 0.164 e. The van der Waals surface area contributed by atoms with E-state index in [-0.39, 0.29) is 11.2 Å². The van der Waals surface area contributed by atoms with Crippen molar-refractivity contribution in [2.45, 2.75) is 43.9 Å². The standard InChI is InChI=1S/C14H15ClO/c15-11-5-3-4-10-13(11)12(16)6-9-14(10)7-1-2-8-14/h3-5H,1-2,6-9H2. The molecule has 3 rings (SSSR count). The molecule has 0 aliphatic heterocycles. The molecular formula is C14H15ClO. The summed E-state index contributed by atoms with van der Waals surface area (Å²) in [6, 6.07) is 5.94. The summed E-state index contributed by atoms with van der Waals surface area (Å²) >= 11 is 6.18. The van der Waals surface area contributed by atoms with Gasteiger partial charge < -0.3 is 0 Å². The van der Waals surface area contributed by atoms with Crippen molar-refractivity contribution in [1.29, 1.82) is 0 Å². The van der Waals surface area contributed by atoms with E-state index in [4.69, 9.17) is 11.6 Å². The minimum absolute atomic E-state index is 0.234.